The first-order valence-corrected chi connectivity index (χ1v) is 6.37. The van der Waals surface area contributed by atoms with Crippen LogP contribution in [0.2, 0.25) is 10.0 Å². The predicted molar refractivity (Wildman–Crippen MR) is 68.2 cm³/mol. The first-order valence-electron chi connectivity index (χ1n) is 5.62. The molecular formula is C13H16Cl2O. The maximum atomic E-state index is 9.88. The topological polar surface area (TPSA) is 20.2 Å². The molecule has 1 saturated carbocycles. The molecule has 1 aromatic rings. The Morgan fingerprint density at radius 1 is 1.44 bits per heavy atom. The highest BCUT2D eigenvalue weighted by atomic mass is 35.5. The summed E-state index contributed by atoms with van der Waals surface area (Å²) in [7, 11) is 0. The fourth-order valence-corrected chi connectivity index (χ4v) is 3.01. The van der Waals surface area contributed by atoms with E-state index in [4.69, 9.17) is 23.2 Å². The van der Waals surface area contributed by atoms with E-state index in [-0.39, 0.29) is 11.5 Å². The van der Waals surface area contributed by atoms with Crippen LogP contribution in [0.25, 0.3) is 0 Å². The third-order valence-electron chi connectivity index (χ3n) is 4.11. The third-order valence-corrected chi connectivity index (χ3v) is 4.69. The SMILES string of the molecule is CCC1(C)C(O)CC1c1cc(Cl)ccc1Cl. The molecule has 0 aliphatic heterocycles. The molecule has 1 nitrogen and oxygen atoms in total. The first kappa shape index (κ1) is 12.2. The summed E-state index contributed by atoms with van der Waals surface area (Å²) in [6.07, 6.45) is 1.50. The van der Waals surface area contributed by atoms with Crippen molar-refractivity contribution in [3.63, 3.8) is 0 Å². The molecule has 88 valence electrons. The fourth-order valence-electron chi connectivity index (χ4n) is 2.58. The van der Waals surface area contributed by atoms with Crippen molar-refractivity contribution in [3.8, 4) is 0 Å². The number of aliphatic hydroxyl groups is 1. The van der Waals surface area contributed by atoms with Crippen LogP contribution in [-0.4, -0.2) is 11.2 Å². The van der Waals surface area contributed by atoms with Crippen molar-refractivity contribution in [1.82, 2.24) is 0 Å². The number of benzene rings is 1. The molecule has 3 unspecified atom stereocenters. The van der Waals surface area contributed by atoms with Crippen LogP contribution in [0, 0.1) is 5.41 Å². The van der Waals surface area contributed by atoms with E-state index in [0.717, 1.165) is 23.4 Å². The fraction of sp³-hybridized carbons (Fsp3) is 0.538. The average molecular weight is 259 g/mol. The molecule has 0 saturated heterocycles. The van der Waals surface area contributed by atoms with Gasteiger partial charge in [0.25, 0.3) is 0 Å². The van der Waals surface area contributed by atoms with E-state index in [1.54, 1.807) is 6.07 Å². The van der Waals surface area contributed by atoms with E-state index >= 15 is 0 Å². The maximum absolute atomic E-state index is 9.88. The number of hydrogen-bond donors (Lipinski definition) is 1. The van der Waals surface area contributed by atoms with Gasteiger partial charge in [-0.1, -0.05) is 37.0 Å². The lowest BCUT2D eigenvalue weighted by Crippen LogP contribution is -2.49. The van der Waals surface area contributed by atoms with Crippen LogP contribution in [0.5, 0.6) is 0 Å². The van der Waals surface area contributed by atoms with Gasteiger partial charge in [0.15, 0.2) is 0 Å². The summed E-state index contributed by atoms with van der Waals surface area (Å²) in [5, 5.41) is 11.3. The van der Waals surface area contributed by atoms with Gasteiger partial charge in [0.05, 0.1) is 6.10 Å². The minimum Gasteiger partial charge on any atom is -0.393 e. The van der Waals surface area contributed by atoms with Gasteiger partial charge in [-0.2, -0.15) is 0 Å². The van der Waals surface area contributed by atoms with Gasteiger partial charge in [-0.05, 0) is 42.5 Å². The molecular weight excluding hydrogens is 243 g/mol. The van der Waals surface area contributed by atoms with Gasteiger partial charge < -0.3 is 5.11 Å². The molecule has 3 heteroatoms. The quantitative estimate of drug-likeness (QED) is 0.841. The smallest absolute Gasteiger partial charge is 0.0605 e. The standard InChI is InChI=1S/C13H16Cl2O/c1-3-13(2)10(7-12(13)16)9-6-8(14)4-5-11(9)15/h4-6,10,12,16H,3,7H2,1-2H3. The lowest BCUT2D eigenvalue weighted by Gasteiger charge is -2.52. The Hall–Kier alpha value is -0.240. The Kier molecular flexibility index (Phi) is 3.22. The molecule has 1 N–H and O–H groups in total. The Bertz CT molecular complexity index is 405. The van der Waals surface area contributed by atoms with Crippen molar-refractivity contribution in [2.45, 2.75) is 38.7 Å². The van der Waals surface area contributed by atoms with Crippen LogP contribution < -0.4 is 0 Å². The molecule has 0 heterocycles. The minimum absolute atomic E-state index is 0.0612. The Balaban J connectivity index is 2.36. The van der Waals surface area contributed by atoms with Crippen LogP contribution >= 0.6 is 23.2 Å². The Morgan fingerprint density at radius 2 is 2.12 bits per heavy atom. The van der Waals surface area contributed by atoms with Gasteiger partial charge >= 0.3 is 0 Å². The normalized spacial score (nSPS) is 33.6. The molecule has 1 aromatic carbocycles. The van der Waals surface area contributed by atoms with Gasteiger partial charge in [-0.15, -0.1) is 0 Å². The highest BCUT2D eigenvalue weighted by Crippen LogP contribution is 2.56. The largest absolute Gasteiger partial charge is 0.393 e. The van der Waals surface area contributed by atoms with E-state index in [2.05, 4.69) is 13.8 Å². The zero-order chi connectivity index (χ0) is 11.9. The van der Waals surface area contributed by atoms with Crippen molar-refractivity contribution in [2.75, 3.05) is 0 Å². The molecule has 1 fully saturated rings. The monoisotopic (exact) mass is 258 g/mol. The van der Waals surface area contributed by atoms with Crippen molar-refractivity contribution >= 4 is 23.2 Å². The van der Waals surface area contributed by atoms with E-state index in [1.165, 1.54) is 0 Å². The maximum Gasteiger partial charge on any atom is 0.0605 e. The van der Waals surface area contributed by atoms with Crippen molar-refractivity contribution < 1.29 is 5.11 Å². The predicted octanol–water partition coefficient (Wildman–Crippen LogP) is 4.26. The van der Waals surface area contributed by atoms with Crippen molar-refractivity contribution in [1.29, 1.82) is 0 Å². The van der Waals surface area contributed by atoms with Gasteiger partial charge in [0.2, 0.25) is 0 Å². The summed E-state index contributed by atoms with van der Waals surface area (Å²) in [6.45, 7) is 4.22. The second-order valence-corrected chi connectivity index (χ2v) is 5.67. The Labute approximate surface area is 106 Å². The summed E-state index contributed by atoms with van der Waals surface area (Å²) >= 11 is 12.2. The highest BCUT2D eigenvalue weighted by Gasteiger charge is 2.50. The van der Waals surface area contributed by atoms with Gasteiger partial charge in [-0.25, -0.2) is 0 Å². The molecule has 0 aromatic heterocycles. The zero-order valence-corrected chi connectivity index (χ0v) is 11.0. The van der Waals surface area contributed by atoms with Crippen molar-refractivity contribution in [2.24, 2.45) is 5.41 Å². The Morgan fingerprint density at radius 3 is 2.69 bits per heavy atom. The highest BCUT2D eigenvalue weighted by molar-refractivity contribution is 6.33. The summed E-state index contributed by atoms with van der Waals surface area (Å²) in [6, 6.07) is 5.56. The molecule has 16 heavy (non-hydrogen) atoms. The van der Waals surface area contributed by atoms with E-state index < -0.39 is 0 Å². The molecule has 0 radical (unpaired) electrons. The van der Waals surface area contributed by atoms with Crippen LogP contribution in [0.1, 0.15) is 38.2 Å². The van der Waals surface area contributed by atoms with Gasteiger partial charge in [0, 0.05) is 15.5 Å². The average Bonchev–Trinajstić information content (AvgIpc) is 2.28. The van der Waals surface area contributed by atoms with Crippen molar-refractivity contribution in [3.05, 3.63) is 33.8 Å². The van der Waals surface area contributed by atoms with E-state index in [9.17, 15) is 5.11 Å². The summed E-state index contributed by atoms with van der Waals surface area (Å²) in [5.74, 6) is 0.318. The second kappa shape index (κ2) is 4.21. The minimum atomic E-state index is -0.224. The van der Waals surface area contributed by atoms with Gasteiger partial charge in [-0.3, -0.25) is 0 Å². The molecule has 3 atom stereocenters. The van der Waals surface area contributed by atoms with Crippen LogP contribution in [0.3, 0.4) is 0 Å². The summed E-state index contributed by atoms with van der Waals surface area (Å²) < 4.78 is 0. The van der Waals surface area contributed by atoms with E-state index in [0.29, 0.717) is 10.9 Å². The molecule has 0 amide bonds. The summed E-state index contributed by atoms with van der Waals surface area (Å²) in [4.78, 5) is 0. The number of rotatable bonds is 2. The molecule has 0 bridgehead atoms. The van der Waals surface area contributed by atoms with Crippen LogP contribution in [0.15, 0.2) is 18.2 Å². The van der Waals surface area contributed by atoms with Crippen LogP contribution in [-0.2, 0) is 0 Å². The molecule has 2 rings (SSSR count). The zero-order valence-electron chi connectivity index (χ0n) is 9.50. The molecule has 1 aliphatic carbocycles. The number of halogens is 2. The summed E-state index contributed by atoms with van der Waals surface area (Å²) in [5.41, 5.74) is 1.01. The lowest BCUT2D eigenvalue weighted by molar-refractivity contribution is -0.0777. The van der Waals surface area contributed by atoms with Crippen LogP contribution in [0.4, 0.5) is 0 Å². The number of hydrogen-bond acceptors (Lipinski definition) is 1. The lowest BCUT2D eigenvalue weighted by atomic mass is 9.55. The number of aliphatic hydroxyl groups excluding tert-OH is 1. The second-order valence-electron chi connectivity index (χ2n) is 4.83. The first-order chi connectivity index (χ1) is 7.49. The van der Waals surface area contributed by atoms with Gasteiger partial charge in [0.1, 0.15) is 0 Å². The molecule has 1 aliphatic rings. The van der Waals surface area contributed by atoms with E-state index in [1.807, 2.05) is 12.1 Å². The molecule has 0 spiro atoms. The third kappa shape index (κ3) is 1.75.